The Morgan fingerprint density at radius 3 is 0.949 bits per heavy atom. The minimum atomic E-state index is -1.81. The number of unbranched alkanes of at least 4 members (excludes halogenated alkanes) is 10. The molecule has 3 N–H and O–H groups in total. The molecule has 0 aromatic carbocycles. The summed E-state index contributed by atoms with van der Waals surface area (Å²) in [5, 5.41) is 38.3. The first-order valence-electron chi connectivity index (χ1n) is 32.5. The molecule has 0 aromatic rings. The predicted molar refractivity (Wildman–Crippen MR) is 320 cm³/mol. The summed E-state index contributed by atoms with van der Waals surface area (Å²) >= 11 is 0. The SMILES string of the molecule is CCCCOCC[C@@H](OCCCC)C(OCCCC)C(C)(OCCCC)[C@H](O)OC(C)(C(OCCCC)[C@@H](CCOCCCC)OCCCC)[C@H](O)OCC[C@@H](OCCCC)C(OCCCC)C(C)(OCCCC)[C@H](O)C(C)C. The molecule has 0 bridgehead atoms. The highest BCUT2D eigenvalue weighted by atomic mass is 16.7. The maximum Gasteiger partial charge on any atom is 0.187 e. The smallest absolute Gasteiger partial charge is 0.187 e. The quantitative estimate of drug-likeness (QED) is 0.0388. The van der Waals surface area contributed by atoms with Gasteiger partial charge in [-0.2, -0.15) is 0 Å². The van der Waals surface area contributed by atoms with E-state index in [0.717, 1.165) is 128 Å². The highest BCUT2D eigenvalue weighted by Gasteiger charge is 2.56. The summed E-state index contributed by atoms with van der Waals surface area (Å²) in [6, 6.07) is 0. The zero-order valence-electron chi connectivity index (χ0n) is 54.0. The molecule has 476 valence electrons. The zero-order valence-corrected chi connectivity index (χ0v) is 54.0. The van der Waals surface area contributed by atoms with Gasteiger partial charge in [-0.1, -0.05) is 147 Å². The van der Waals surface area contributed by atoms with E-state index in [1.165, 1.54) is 0 Å². The Hall–Kier alpha value is -0.600. The van der Waals surface area contributed by atoms with Crippen molar-refractivity contribution in [3.05, 3.63) is 0 Å². The lowest BCUT2D eigenvalue weighted by Crippen LogP contribution is -2.66. The summed E-state index contributed by atoms with van der Waals surface area (Å²) in [7, 11) is 0. The summed E-state index contributed by atoms with van der Waals surface area (Å²) < 4.78 is 80.9. The van der Waals surface area contributed by atoms with E-state index < -0.39 is 72.1 Å². The molecule has 0 aromatic heterocycles. The van der Waals surface area contributed by atoms with Crippen LogP contribution in [0.1, 0.15) is 252 Å². The fourth-order valence-electron chi connectivity index (χ4n) is 9.44. The zero-order chi connectivity index (χ0) is 59.2. The predicted octanol–water partition coefficient (Wildman–Crippen LogP) is 13.5. The summed E-state index contributed by atoms with van der Waals surface area (Å²) in [6.45, 7) is 36.2. The molecule has 15 nitrogen and oxygen atoms in total. The van der Waals surface area contributed by atoms with E-state index in [-0.39, 0.29) is 18.9 Å². The molecular formula is C64H130O15. The molecule has 0 aliphatic heterocycles. The first-order chi connectivity index (χ1) is 38.1. The number of aliphatic hydroxyl groups excluding tert-OH is 3. The lowest BCUT2D eigenvalue weighted by Gasteiger charge is -2.49. The fourth-order valence-corrected chi connectivity index (χ4v) is 9.44. The van der Waals surface area contributed by atoms with Crippen molar-refractivity contribution in [2.24, 2.45) is 5.92 Å². The summed E-state index contributed by atoms with van der Waals surface area (Å²) in [5.41, 5.74) is -4.48. The summed E-state index contributed by atoms with van der Waals surface area (Å²) in [4.78, 5) is 0. The largest absolute Gasteiger partial charge is 0.390 e. The van der Waals surface area contributed by atoms with Crippen molar-refractivity contribution in [1.29, 1.82) is 0 Å². The molecule has 0 radical (unpaired) electrons. The van der Waals surface area contributed by atoms with Gasteiger partial charge in [-0.3, -0.25) is 0 Å². The van der Waals surface area contributed by atoms with Gasteiger partial charge in [0.05, 0.1) is 31.0 Å². The van der Waals surface area contributed by atoms with Gasteiger partial charge in [0.1, 0.15) is 35.1 Å². The van der Waals surface area contributed by atoms with E-state index in [2.05, 4.69) is 69.2 Å². The Morgan fingerprint density at radius 1 is 0.304 bits per heavy atom. The van der Waals surface area contributed by atoms with Gasteiger partial charge in [0.25, 0.3) is 0 Å². The van der Waals surface area contributed by atoms with Crippen LogP contribution in [-0.4, -0.2) is 173 Å². The molecule has 0 aliphatic rings. The minimum absolute atomic E-state index is 0.00891. The number of aliphatic hydroxyl groups is 3. The van der Waals surface area contributed by atoms with Gasteiger partial charge in [0.2, 0.25) is 0 Å². The standard InChI is InChI=1S/C64H130O15/c1-16-26-39-68-49-36-53(70-41-28-18-3)58(74-45-32-22-7)63(14,78-48-35-25-10)61(67)79-64(15,59(75-46-33-23-8)54(71-42-29-19-4)37-50-69-40-27-17-2)60(66)76-51-38-55(72-43-30-20-5)57(73-44-31-21-6)62(13,56(65)52(11)12)77-47-34-24-9/h52-61,65-67H,16-51H2,1-15H3/t53-,54-,55-,56-,57?,58?,59?,60-,61-,62?,63?,64?/m1/s1. The van der Waals surface area contributed by atoms with E-state index in [1.807, 2.05) is 27.7 Å². The highest BCUT2D eigenvalue weighted by Crippen LogP contribution is 2.38. The van der Waals surface area contributed by atoms with Crippen LogP contribution in [-0.2, 0) is 56.8 Å². The first-order valence-corrected chi connectivity index (χ1v) is 32.5. The van der Waals surface area contributed by atoms with Crippen molar-refractivity contribution in [1.82, 2.24) is 0 Å². The van der Waals surface area contributed by atoms with E-state index in [1.54, 1.807) is 6.92 Å². The second kappa shape index (κ2) is 49.6. The maximum atomic E-state index is 13.2. The van der Waals surface area contributed by atoms with Crippen LogP contribution in [0.3, 0.4) is 0 Å². The van der Waals surface area contributed by atoms with Crippen LogP contribution in [0.5, 0.6) is 0 Å². The van der Waals surface area contributed by atoms with Crippen molar-refractivity contribution in [3.63, 3.8) is 0 Å². The molecule has 0 fully saturated rings. The number of hydrogen-bond acceptors (Lipinski definition) is 15. The van der Waals surface area contributed by atoms with Crippen LogP contribution in [0.15, 0.2) is 0 Å². The molecule has 0 heterocycles. The van der Waals surface area contributed by atoms with E-state index in [0.29, 0.717) is 92.1 Å². The van der Waals surface area contributed by atoms with Gasteiger partial charge in [-0.15, -0.1) is 0 Å². The van der Waals surface area contributed by atoms with Crippen LogP contribution in [0.2, 0.25) is 0 Å². The van der Waals surface area contributed by atoms with Gasteiger partial charge >= 0.3 is 0 Å². The number of rotatable bonds is 60. The molecule has 0 amide bonds. The Bertz CT molecular complexity index is 1320. The average molecular weight is 1140 g/mol. The molecule has 0 saturated carbocycles. The average Bonchev–Trinajstić information content (AvgIpc) is 3.44. The van der Waals surface area contributed by atoms with Gasteiger partial charge in [-0.05, 0) is 110 Å². The highest BCUT2D eigenvalue weighted by molar-refractivity contribution is 5.01. The first kappa shape index (κ1) is 78.4. The van der Waals surface area contributed by atoms with Crippen molar-refractivity contribution in [2.45, 2.75) is 324 Å². The van der Waals surface area contributed by atoms with Crippen LogP contribution in [0.25, 0.3) is 0 Å². The van der Waals surface area contributed by atoms with Crippen LogP contribution >= 0.6 is 0 Å². The van der Waals surface area contributed by atoms with Gasteiger partial charge in [-0.25, -0.2) is 0 Å². The third kappa shape index (κ3) is 31.4. The third-order valence-electron chi connectivity index (χ3n) is 15.0. The number of ether oxygens (including phenoxy) is 12. The molecule has 0 saturated heterocycles. The fraction of sp³-hybridized carbons (Fsp3) is 1.00. The van der Waals surface area contributed by atoms with Crippen molar-refractivity contribution < 1.29 is 72.2 Å². The summed E-state index contributed by atoms with van der Waals surface area (Å²) in [5.74, 6) is -0.137. The molecular weight excluding hydrogens is 1010 g/mol. The molecule has 0 aliphatic carbocycles. The van der Waals surface area contributed by atoms with Crippen LogP contribution < -0.4 is 0 Å². The summed E-state index contributed by atoms with van der Waals surface area (Å²) in [6.07, 6.45) is 10.2. The maximum absolute atomic E-state index is 13.2. The number of hydrogen-bond donors (Lipinski definition) is 3. The van der Waals surface area contributed by atoms with Gasteiger partial charge in [0.15, 0.2) is 12.6 Å². The molecule has 12 atom stereocenters. The Morgan fingerprint density at radius 2 is 0.595 bits per heavy atom. The molecule has 0 spiro atoms. The van der Waals surface area contributed by atoms with E-state index in [4.69, 9.17) is 56.8 Å². The minimum Gasteiger partial charge on any atom is -0.390 e. The van der Waals surface area contributed by atoms with Crippen LogP contribution in [0, 0.1) is 5.92 Å². The topological polar surface area (TPSA) is 171 Å². The Balaban J connectivity index is 8.27. The van der Waals surface area contributed by atoms with Crippen molar-refractivity contribution in [2.75, 3.05) is 85.9 Å². The van der Waals surface area contributed by atoms with Crippen LogP contribution in [0.4, 0.5) is 0 Å². The molecule has 15 heteroatoms. The van der Waals surface area contributed by atoms with Gasteiger partial charge in [0, 0.05) is 79.3 Å². The second-order valence-corrected chi connectivity index (χ2v) is 22.9. The molecule has 79 heavy (non-hydrogen) atoms. The molecule has 0 rings (SSSR count). The normalized spacial score (nSPS) is 18.1. The monoisotopic (exact) mass is 1140 g/mol. The third-order valence-corrected chi connectivity index (χ3v) is 15.0. The lowest BCUT2D eigenvalue weighted by atomic mass is 9.82. The second-order valence-electron chi connectivity index (χ2n) is 22.9. The molecule has 6 unspecified atom stereocenters. The Labute approximate surface area is 485 Å². The van der Waals surface area contributed by atoms with Crippen molar-refractivity contribution >= 4 is 0 Å². The Kier molecular flexibility index (Phi) is 49.3. The van der Waals surface area contributed by atoms with Crippen molar-refractivity contribution in [3.8, 4) is 0 Å². The lowest BCUT2D eigenvalue weighted by molar-refractivity contribution is -0.361. The van der Waals surface area contributed by atoms with Gasteiger partial charge < -0.3 is 72.2 Å². The van der Waals surface area contributed by atoms with E-state index >= 15 is 0 Å². The van der Waals surface area contributed by atoms with E-state index in [9.17, 15) is 15.3 Å².